The molecule has 0 N–H and O–H groups in total. The summed E-state index contributed by atoms with van der Waals surface area (Å²) in [6, 6.07) is 0. The van der Waals surface area contributed by atoms with Crippen molar-refractivity contribution < 1.29 is 4.74 Å². The maximum absolute atomic E-state index is 11.7. The number of halogens is 1. The summed E-state index contributed by atoms with van der Waals surface area (Å²) in [4.78, 5) is 15.6. The maximum Gasteiger partial charge on any atom is 0.348 e. The third-order valence-electron chi connectivity index (χ3n) is 2.41. The van der Waals surface area contributed by atoms with E-state index in [0.717, 1.165) is 22.3 Å². The van der Waals surface area contributed by atoms with Crippen LogP contribution in [0.5, 0.6) is 0 Å². The molecule has 0 aliphatic heterocycles. The Hall–Kier alpha value is -0.680. The highest BCUT2D eigenvalue weighted by molar-refractivity contribution is 9.10. The van der Waals surface area contributed by atoms with Gasteiger partial charge in [0.05, 0.1) is 10.2 Å². The van der Waals surface area contributed by atoms with Crippen molar-refractivity contribution in [1.82, 2.24) is 9.55 Å². The fourth-order valence-electron chi connectivity index (χ4n) is 1.51. The number of ether oxygens (including phenoxy) is 1. The predicted molar refractivity (Wildman–Crippen MR) is 66.8 cm³/mol. The molecule has 0 saturated carbocycles. The van der Waals surface area contributed by atoms with Gasteiger partial charge in [0.15, 0.2) is 0 Å². The van der Waals surface area contributed by atoms with Crippen LogP contribution >= 0.6 is 15.9 Å². The molecule has 4 nitrogen and oxygen atoms in total. The van der Waals surface area contributed by atoms with Crippen LogP contribution in [0.25, 0.3) is 0 Å². The van der Waals surface area contributed by atoms with Gasteiger partial charge >= 0.3 is 5.69 Å². The summed E-state index contributed by atoms with van der Waals surface area (Å²) < 4.78 is 7.82. The molecule has 1 aromatic rings. The molecule has 0 amide bonds. The molecule has 0 fully saturated rings. The standard InChI is InChI=1S/C11H17BrN2O2/c1-4-16-7-5-6-14-9(3)10(12)8(2)13-11(14)15/h4-7H2,1-3H3. The van der Waals surface area contributed by atoms with Gasteiger partial charge in [0.25, 0.3) is 0 Å². The zero-order valence-electron chi connectivity index (χ0n) is 9.92. The first kappa shape index (κ1) is 13.4. The molecule has 16 heavy (non-hydrogen) atoms. The zero-order valence-corrected chi connectivity index (χ0v) is 11.5. The van der Waals surface area contributed by atoms with Gasteiger partial charge in [-0.1, -0.05) is 0 Å². The van der Waals surface area contributed by atoms with Gasteiger partial charge in [-0.05, 0) is 43.1 Å². The first-order valence-electron chi connectivity index (χ1n) is 5.39. The number of nitrogens with zero attached hydrogens (tertiary/aromatic N) is 2. The Morgan fingerprint density at radius 3 is 2.75 bits per heavy atom. The van der Waals surface area contributed by atoms with Crippen molar-refractivity contribution in [2.24, 2.45) is 0 Å². The lowest BCUT2D eigenvalue weighted by Gasteiger charge is -2.11. The zero-order chi connectivity index (χ0) is 12.1. The van der Waals surface area contributed by atoms with Crippen molar-refractivity contribution in [3.8, 4) is 0 Å². The smallest absolute Gasteiger partial charge is 0.348 e. The third kappa shape index (κ3) is 3.15. The molecule has 0 aliphatic carbocycles. The van der Waals surface area contributed by atoms with Crippen LogP contribution in [0.1, 0.15) is 24.7 Å². The summed E-state index contributed by atoms with van der Waals surface area (Å²) in [5.74, 6) is 0. The molecule has 0 aliphatic rings. The molecule has 0 radical (unpaired) electrons. The lowest BCUT2D eigenvalue weighted by molar-refractivity contribution is 0.141. The molecular formula is C11H17BrN2O2. The lowest BCUT2D eigenvalue weighted by atomic mass is 10.3. The SMILES string of the molecule is CCOCCCn1c(C)c(Br)c(C)nc1=O. The Morgan fingerprint density at radius 1 is 1.44 bits per heavy atom. The molecule has 1 aromatic heterocycles. The van der Waals surface area contributed by atoms with Gasteiger partial charge in [0, 0.05) is 25.5 Å². The quantitative estimate of drug-likeness (QED) is 0.779. The second kappa shape index (κ2) is 6.15. The van der Waals surface area contributed by atoms with Crippen molar-refractivity contribution >= 4 is 15.9 Å². The van der Waals surface area contributed by atoms with Crippen LogP contribution in [0.2, 0.25) is 0 Å². The van der Waals surface area contributed by atoms with Gasteiger partial charge in [-0.2, -0.15) is 4.98 Å². The van der Waals surface area contributed by atoms with E-state index in [1.54, 1.807) is 4.57 Å². The Bertz CT molecular complexity index is 415. The molecular weight excluding hydrogens is 272 g/mol. The van der Waals surface area contributed by atoms with Crippen molar-refractivity contribution in [2.45, 2.75) is 33.7 Å². The number of aromatic nitrogens is 2. The number of aryl methyl sites for hydroxylation is 1. The van der Waals surface area contributed by atoms with Gasteiger partial charge in [-0.25, -0.2) is 4.79 Å². The molecule has 1 heterocycles. The van der Waals surface area contributed by atoms with Crippen LogP contribution in [0, 0.1) is 13.8 Å². The number of rotatable bonds is 5. The molecule has 0 atom stereocenters. The number of hydrogen-bond donors (Lipinski definition) is 0. The average molecular weight is 289 g/mol. The Morgan fingerprint density at radius 2 is 2.12 bits per heavy atom. The molecule has 1 rings (SSSR count). The van der Waals surface area contributed by atoms with E-state index < -0.39 is 0 Å². The van der Waals surface area contributed by atoms with Gasteiger partial charge in [0.1, 0.15) is 0 Å². The monoisotopic (exact) mass is 288 g/mol. The van der Waals surface area contributed by atoms with Gasteiger partial charge in [-0.15, -0.1) is 0 Å². The van der Waals surface area contributed by atoms with Gasteiger partial charge < -0.3 is 4.74 Å². The van der Waals surface area contributed by atoms with E-state index in [9.17, 15) is 4.79 Å². The Balaban J connectivity index is 2.80. The van der Waals surface area contributed by atoms with E-state index in [1.807, 2.05) is 20.8 Å². The largest absolute Gasteiger partial charge is 0.382 e. The fourth-order valence-corrected chi connectivity index (χ4v) is 1.81. The van der Waals surface area contributed by atoms with Gasteiger partial charge in [-0.3, -0.25) is 4.57 Å². The summed E-state index contributed by atoms with van der Waals surface area (Å²) in [5, 5.41) is 0. The van der Waals surface area contributed by atoms with Crippen molar-refractivity contribution in [1.29, 1.82) is 0 Å². The van der Waals surface area contributed by atoms with E-state index in [1.165, 1.54) is 0 Å². The molecule has 0 unspecified atom stereocenters. The highest BCUT2D eigenvalue weighted by Gasteiger charge is 2.08. The van der Waals surface area contributed by atoms with Crippen LogP contribution in [-0.2, 0) is 11.3 Å². The minimum atomic E-state index is -0.185. The van der Waals surface area contributed by atoms with E-state index >= 15 is 0 Å². The minimum absolute atomic E-state index is 0.185. The Kier molecular flexibility index (Phi) is 5.15. The molecule has 90 valence electrons. The van der Waals surface area contributed by atoms with E-state index in [-0.39, 0.29) is 5.69 Å². The van der Waals surface area contributed by atoms with Crippen LogP contribution in [0.4, 0.5) is 0 Å². The predicted octanol–water partition coefficient (Wildman–Crippen LogP) is 2.05. The van der Waals surface area contributed by atoms with E-state index in [4.69, 9.17) is 4.74 Å². The third-order valence-corrected chi connectivity index (χ3v) is 3.56. The van der Waals surface area contributed by atoms with Crippen LogP contribution in [0.3, 0.4) is 0 Å². The Labute approximate surface area is 104 Å². The molecule has 0 bridgehead atoms. The molecule has 5 heteroatoms. The van der Waals surface area contributed by atoms with E-state index in [2.05, 4.69) is 20.9 Å². The van der Waals surface area contributed by atoms with Crippen LogP contribution < -0.4 is 5.69 Å². The highest BCUT2D eigenvalue weighted by Crippen LogP contribution is 2.16. The van der Waals surface area contributed by atoms with Crippen molar-refractivity contribution in [3.63, 3.8) is 0 Å². The minimum Gasteiger partial charge on any atom is -0.382 e. The highest BCUT2D eigenvalue weighted by atomic mass is 79.9. The average Bonchev–Trinajstić information content (AvgIpc) is 2.25. The topological polar surface area (TPSA) is 44.1 Å². The molecule has 0 saturated heterocycles. The second-order valence-electron chi connectivity index (χ2n) is 3.58. The summed E-state index contributed by atoms with van der Waals surface area (Å²) in [6.07, 6.45) is 0.825. The first-order valence-corrected chi connectivity index (χ1v) is 6.18. The summed E-state index contributed by atoms with van der Waals surface area (Å²) in [6.45, 7) is 7.74. The van der Waals surface area contributed by atoms with Crippen molar-refractivity contribution in [3.05, 3.63) is 26.3 Å². The van der Waals surface area contributed by atoms with Gasteiger partial charge in [0.2, 0.25) is 0 Å². The normalized spacial score (nSPS) is 10.8. The summed E-state index contributed by atoms with van der Waals surface area (Å²) in [5.41, 5.74) is 1.48. The molecule has 0 aromatic carbocycles. The number of hydrogen-bond acceptors (Lipinski definition) is 3. The second-order valence-corrected chi connectivity index (χ2v) is 4.37. The maximum atomic E-state index is 11.7. The lowest BCUT2D eigenvalue weighted by Crippen LogP contribution is -2.27. The first-order chi connectivity index (χ1) is 7.57. The van der Waals surface area contributed by atoms with Crippen molar-refractivity contribution in [2.75, 3.05) is 13.2 Å². The summed E-state index contributed by atoms with van der Waals surface area (Å²) >= 11 is 3.43. The summed E-state index contributed by atoms with van der Waals surface area (Å²) in [7, 11) is 0. The van der Waals surface area contributed by atoms with Crippen LogP contribution in [0.15, 0.2) is 9.27 Å². The van der Waals surface area contributed by atoms with E-state index in [0.29, 0.717) is 19.8 Å². The fraction of sp³-hybridized carbons (Fsp3) is 0.636. The van der Waals surface area contributed by atoms with Crippen LogP contribution in [-0.4, -0.2) is 22.8 Å². The molecule has 0 spiro atoms.